The fourth-order valence-electron chi connectivity index (χ4n) is 3.40. The van der Waals surface area contributed by atoms with Crippen molar-refractivity contribution in [1.82, 2.24) is 20.4 Å². The van der Waals surface area contributed by atoms with Crippen LogP contribution in [0.4, 0.5) is 0 Å². The lowest BCUT2D eigenvalue weighted by Crippen LogP contribution is -2.49. The lowest BCUT2D eigenvalue weighted by atomic mass is 10.0. The highest BCUT2D eigenvalue weighted by molar-refractivity contribution is 5.77. The molecule has 8 nitrogen and oxygen atoms in total. The molecule has 26 heavy (non-hydrogen) atoms. The van der Waals surface area contributed by atoms with Gasteiger partial charge >= 0.3 is 0 Å². The average Bonchev–Trinajstić information content (AvgIpc) is 3.39. The van der Waals surface area contributed by atoms with Crippen LogP contribution in [0.2, 0.25) is 0 Å². The molecule has 8 heteroatoms. The number of rotatable bonds is 9. The Morgan fingerprint density at radius 2 is 2.08 bits per heavy atom. The maximum absolute atomic E-state index is 12.6. The van der Waals surface area contributed by atoms with E-state index in [1.807, 2.05) is 4.90 Å². The van der Waals surface area contributed by atoms with Crippen molar-refractivity contribution < 1.29 is 14.1 Å². The van der Waals surface area contributed by atoms with Crippen molar-refractivity contribution in [1.29, 1.82) is 0 Å². The zero-order chi connectivity index (χ0) is 18.4. The molecule has 2 aliphatic rings. The van der Waals surface area contributed by atoms with Gasteiger partial charge in [0.2, 0.25) is 17.7 Å². The summed E-state index contributed by atoms with van der Waals surface area (Å²) >= 11 is 0. The summed E-state index contributed by atoms with van der Waals surface area (Å²) in [4.78, 5) is 30.6. The van der Waals surface area contributed by atoms with Crippen molar-refractivity contribution in [2.75, 3.05) is 19.6 Å². The SMILES string of the molecule is NCCC(=O)NCC1CCCCN1C(=O)CCCc1nc(C2CC2)no1. The third-order valence-corrected chi connectivity index (χ3v) is 5.06. The van der Waals surface area contributed by atoms with Crippen LogP contribution >= 0.6 is 0 Å². The second-order valence-corrected chi connectivity index (χ2v) is 7.25. The van der Waals surface area contributed by atoms with Crippen LogP contribution in [0.15, 0.2) is 4.52 Å². The third kappa shape index (κ3) is 5.27. The minimum absolute atomic E-state index is 0.0478. The Morgan fingerprint density at radius 1 is 1.23 bits per heavy atom. The highest BCUT2D eigenvalue weighted by Crippen LogP contribution is 2.38. The van der Waals surface area contributed by atoms with E-state index in [2.05, 4.69) is 15.5 Å². The van der Waals surface area contributed by atoms with Gasteiger partial charge in [-0.05, 0) is 38.5 Å². The van der Waals surface area contributed by atoms with Gasteiger partial charge in [-0.2, -0.15) is 4.98 Å². The minimum Gasteiger partial charge on any atom is -0.354 e. The Morgan fingerprint density at radius 3 is 2.85 bits per heavy atom. The highest BCUT2D eigenvalue weighted by Gasteiger charge is 2.29. The second-order valence-electron chi connectivity index (χ2n) is 7.25. The van der Waals surface area contributed by atoms with Gasteiger partial charge in [-0.15, -0.1) is 0 Å². The largest absolute Gasteiger partial charge is 0.354 e. The Hall–Kier alpha value is -1.96. The van der Waals surface area contributed by atoms with E-state index in [1.54, 1.807) is 0 Å². The molecule has 1 unspecified atom stereocenters. The van der Waals surface area contributed by atoms with Crippen molar-refractivity contribution in [2.24, 2.45) is 5.73 Å². The number of amides is 2. The molecule has 3 N–H and O–H groups in total. The molecule has 0 aromatic carbocycles. The predicted octanol–water partition coefficient (Wildman–Crippen LogP) is 1.12. The molecule has 1 atom stereocenters. The molecule has 0 spiro atoms. The van der Waals surface area contributed by atoms with Crippen LogP contribution in [0.25, 0.3) is 0 Å². The number of nitrogens with zero attached hydrogens (tertiary/aromatic N) is 3. The first-order valence-corrected chi connectivity index (χ1v) is 9.76. The van der Waals surface area contributed by atoms with Gasteiger partial charge in [0, 0.05) is 50.9 Å². The molecular formula is C18H29N5O3. The average molecular weight is 363 g/mol. The molecule has 1 aromatic rings. The Kier molecular flexibility index (Phi) is 6.60. The number of nitrogens with one attached hydrogen (secondary N) is 1. The number of carbonyl (C=O) groups excluding carboxylic acids is 2. The second kappa shape index (κ2) is 9.12. The van der Waals surface area contributed by atoms with E-state index in [0.29, 0.717) is 50.6 Å². The van der Waals surface area contributed by atoms with Crippen molar-refractivity contribution in [3.05, 3.63) is 11.7 Å². The van der Waals surface area contributed by atoms with Gasteiger partial charge in [0.05, 0.1) is 0 Å². The Balaban J connectivity index is 1.42. The van der Waals surface area contributed by atoms with Crippen molar-refractivity contribution >= 4 is 11.8 Å². The molecule has 1 aromatic heterocycles. The summed E-state index contributed by atoms with van der Waals surface area (Å²) in [6.07, 6.45) is 7.47. The zero-order valence-corrected chi connectivity index (χ0v) is 15.3. The molecule has 1 aliphatic heterocycles. The van der Waals surface area contributed by atoms with Crippen LogP contribution in [0, 0.1) is 0 Å². The van der Waals surface area contributed by atoms with Gasteiger partial charge < -0.3 is 20.5 Å². The van der Waals surface area contributed by atoms with Gasteiger partial charge in [-0.1, -0.05) is 5.16 Å². The van der Waals surface area contributed by atoms with Crippen molar-refractivity contribution in [3.8, 4) is 0 Å². The van der Waals surface area contributed by atoms with E-state index in [4.69, 9.17) is 10.3 Å². The zero-order valence-electron chi connectivity index (χ0n) is 15.3. The van der Waals surface area contributed by atoms with E-state index >= 15 is 0 Å². The van der Waals surface area contributed by atoms with Crippen molar-refractivity contribution in [3.63, 3.8) is 0 Å². The van der Waals surface area contributed by atoms with E-state index < -0.39 is 0 Å². The van der Waals surface area contributed by atoms with Crippen LogP contribution < -0.4 is 11.1 Å². The normalized spacial score (nSPS) is 20.2. The number of hydrogen-bond acceptors (Lipinski definition) is 6. The van der Waals surface area contributed by atoms with E-state index in [9.17, 15) is 9.59 Å². The monoisotopic (exact) mass is 363 g/mol. The molecule has 2 amide bonds. The number of carbonyl (C=O) groups is 2. The fourth-order valence-corrected chi connectivity index (χ4v) is 3.40. The first-order valence-electron chi connectivity index (χ1n) is 9.76. The van der Waals surface area contributed by atoms with Gasteiger partial charge in [-0.3, -0.25) is 9.59 Å². The summed E-state index contributed by atoms with van der Waals surface area (Å²) in [6, 6.07) is 0.0860. The number of nitrogens with two attached hydrogens (primary N) is 1. The van der Waals surface area contributed by atoms with Crippen LogP contribution in [0.1, 0.15) is 69.0 Å². The molecule has 1 aliphatic carbocycles. The van der Waals surface area contributed by atoms with Crippen molar-refractivity contribution in [2.45, 2.75) is 69.7 Å². The lowest BCUT2D eigenvalue weighted by molar-refractivity contribution is -0.135. The predicted molar refractivity (Wildman–Crippen MR) is 95.2 cm³/mol. The molecule has 1 saturated heterocycles. The summed E-state index contributed by atoms with van der Waals surface area (Å²) in [5, 5.41) is 6.90. The topological polar surface area (TPSA) is 114 Å². The third-order valence-electron chi connectivity index (χ3n) is 5.06. The number of aryl methyl sites for hydroxylation is 1. The molecule has 3 rings (SSSR count). The van der Waals surface area contributed by atoms with Gasteiger partial charge in [-0.25, -0.2) is 0 Å². The number of aromatic nitrogens is 2. The first-order chi connectivity index (χ1) is 12.7. The molecule has 0 radical (unpaired) electrons. The summed E-state index contributed by atoms with van der Waals surface area (Å²) in [5.74, 6) is 2.02. The number of hydrogen-bond donors (Lipinski definition) is 2. The van der Waals surface area contributed by atoms with E-state index in [1.165, 1.54) is 0 Å². The summed E-state index contributed by atoms with van der Waals surface area (Å²) < 4.78 is 5.26. The van der Waals surface area contributed by atoms with Gasteiger partial charge in [0.25, 0.3) is 0 Å². The van der Waals surface area contributed by atoms with E-state index in [0.717, 1.165) is 44.5 Å². The Labute approximate surface area is 153 Å². The van der Waals surface area contributed by atoms with Crippen LogP contribution in [-0.2, 0) is 16.0 Å². The quantitative estimate of drug-likeness (QED) is 0.679. The Bertz CT molecular complexity index is 614. The number of likely N-dealkylation sites (tertiary alicyclic amines) is 1. The molecule has 1 saturated carbocycles. The summed E-state index contributed by atoms with van der Waals surface area (Å²) in [5.41, 5.74) is 5.40. The van der Waals surface area contributed by atoms with Crippen LogP contribution in [-0.4, -0.2) is 52.5 Å². The van der Waals surface area contributed by atoms with E-state index in [-0.39, 0.29) is 17.9 Å². The molecule has 2 heterocycles. The standard InChI is InChI=1S/C18H29N5O3/c19-10-9-15(24)20-12-14-4-1-2-11-23(14)17(25)6-3-5-16-21-18(22-26-16)13-7-8-13/h13-14H,1-12,19H2,(H,20,24). The lowest BCUT2D eigenvalue weighted by Gasteiger charge is -2.36. The first kappa shape index (κ1) is 18.8. The summed E-state index contributed by atoms with van der Waals surface area (Å²) in [6.45, 7) is 1.62. The summed E-state index contributed by atoms with van der Waals surface area (Å²) in [7, 11) is 0. The molecular weight excluding hydrogens is 334 g/mol. The molecule has 144 valence electrons. The number of piperidine rings is 1. The van der Waals surface area contributed by atoms with Crippen LogP contribution in [0.3, 0.4) is 0 Å². The maximum Gasteiger partial charge on any atom is 0.226 e. The fraction of sp³-hybridized carbons (Fsp3) is 0.778. The maximum atomic E-state index is 12.6. The molecule has 0 bridgehead atoms. The molecule has 2 fully saturated rings. The highest BCUT2D eigenvalue weighted by atomic mass is 16.5. The van der Waals surface area contributed by atoms with Crippen LogP contribution in [0.5, 0.6) is 0 Å². The van der Waals surface area contributed by atoms with Gasteiger partial charge in [0.1, 0.15) is 0 Å². The van der Waals surface area contributed by atoms with Gasteiger partial charge in [0.15, 0.2) is 5.82 Å². The minimum atomic E-state index is -0.0478. The smallest absolute Gasteiger partial charge is 0.226 e.